The Kier molecular flexibility index (Phi) is 5.80. The van der Waals surface area contributed by atoms with Gasteiger partial charge in [0, 0.05) is 25.2 Å². The molecule has 0 bridgehead atoms. The molecule has 1 aliphatic heterocycles. The van der Waals surface area contributed by atoms with E-state index in [1.807, 2.05) is 48.5 Å². The quantitative estimate of drug-likeness (QED) is 0.819. The molecule has 1 atom stereocenters. The second-order valence-corrected chi connectivity index (χ2v) is 6.28. The third kappa shape index (κ3) is 4.69. The van der Waals surface area contributed by atoms with Gasteiger partial charge in [-0.05, 0) is 42.0 Å². The Morgan fingerprint density at radius 3 is 2.22 bits per heavy atom. The van der Waals surface area contributed by atoms with Crippen molar-refractivity contribution >= 4 is 17.6 Å². The number of benzene rings is 2. The first-order valence-corrected chi connectivity index (χ1v) is 8.71. The molecule has 2 aromatic carbocycles. The molecule has 0 aromatic heterocycles. The maximum absolute atomic E-state index is 12.3. The summed E-state index contributed by atoms with van der Waals surface area (Å²) in [6, 6.07) is 14.2. The second-order valence-electron chi connectivity index (χ2n) is 6.28. The summed E-state index contributed by atoms with van der Waals surface area (Å²) < 4.78 is 10.2. The summed E-state index contributed by atoms with van der Waals surface area (Å²) in [5.41, 5.74) is 1.76. The van der Waals surface area contributed by atoms with Gasteiger partial charge in [0.1, 0.15) is 11.5 Å². The molecule has 27 heavy (non-hydrogen) atoms. The Morgan fingerprint density at radius 2 is 1.63 bits per heavy atom. The molecule has 7 heteroatoms. The fraction of sp³-hybridized carbons (Fsp3) is 0.300. The van der Waals surface area contributed by atoms with Crippen LogP contribution in [-0.4, -0.2) is 38.7 Å². The van der Waals surface area contributed by atoms with Crippen molar-refractivity contribution in [3.8, 4) is 11.5 Å². The number of ether oxygens (including phenoxy) is 2. The van der Waals surface area contributed by atoms with Crippen LogP contribution in [0.2, 0.25) is 0 Å². The number of rotatable bonds is 6. The van der Waals surface area contributed by atoms with Crippen molar-refractivity contribution < 1.29 is 19.1 Å². The molecule has 3 rings (SSSR count). The molecule has 1 fully saturated rings. The van der Waals surface area contributed by atoms with Gasteiger partial charge in [0.15, 0.2) is 0 Å². The second kappa shape index (κ2) is 8.44. The van der Waals surface area contributed by atoms with Crippen molar-refractivity contribution in [3.05, 3.63) is 54.1 Å². The molecule has 7 nitrogen and oxygen atoms in total. The number of nitrogens with one attached hydrogen (secondary N) is 2. The van der Waals surface area contributed by atoms with Crippen LogP contribution >= 0.6 is 0 Å². The maximum atomic E-state index is 12.3. The summed E-state index contributed by atoms with van der Waals surface area (Å²) >= 11 is 0. The molecule has 1 saturated heterocycles. The first-order valence-electron chi connectivity index (χ1n) is 8.71. The molecular weight excluding hydrogens is 346 g/mol. The van der Waals surface area contributed by atoms with Gasteiger partial charge in [-0.15, -0.1) is 0 Å². The van der Waals surface area contributed by atoms with Crippen molar-refractivity contribution in [2.24, 2.45) is 0 Å². The minimum Gasteiger partial charge on any atom is -0.497 e. The summed E-state index contributed by atoms with van der Waals surface area (Å²) in [5, 5.41) is 5.67. The van der Waals surface area contributed by atoms with Gasteiger partial charge in [0.2, 0.25) is 5.91 Å². The van der Waals surface area contributed by atoms with Crippen molar-refractivity contribution in [1.82, 2.24) is 10.6 Å². The minimum atomic E-state index is -0.291. The molecule has 0 radical (unpaired) electrons. The van der Waals surface area contributed by atoms with Crippen LogP contribution in [0.25, 0.3) is 0 Å². The molecule has 3 amide bonds. The van der Waals surface area contributed by atoms with E-state index in [4.69, 9.17) is 9.47 Å². The van der Waals surface area contributed by atoms with E-state index in [1.165, 1.54) is 0 Å². The first-order chi connectivity index (χ1) is 13.1. The monoisotopic (exact) mass is 369 g/mol. The van der Waals surface area contributed by atoms with E-state index >= 15 is 0 Å². The average molecular weight is 369 g/mol. The van der Waals surface area contributed by atoms with Gasteiger partial charge in [-0.2, -0.15) is 0 Å². The lowest BCUT2D eigenvalue weighted by Gasteiger charge is -2.18. The van der Waals surface area contributed by atoms with Gasteiger partial charge < -0.3 is 25.0 Å². The smallest absolute Gasteiger partial charge is 0.315 e. The molecule has 2 aromatic rings. The van der Waals surface area contributed by atoms with Crippen LogP contribution in [0.1, 0.15) is 12.0 Å². The summed E-state index contributed by atoms with van der Waals surface area (Å²) in [7, 11) is 3.21. The molecule has 0 aliphatic carbocycles. The number of amides is 3. The Bertz CT molecular complexity index is 790. The van der Waals surface area contributed by atoms with E-state index in [0.717, 1.165) is 22.7 Å². The average Bonchev–Trinajstić information content (AvgIpc) is 3.06. The molecule has 1 aliphatic rings. The number of hydrogen-bond acceptors (Lipinski definition) is 4. The van der Waals surface area contributed by atoms with Crippen LogP contribution < -0.4 is 25.0 Å². The topological polar surface area (TPSA) is 79.9 Å². The first kappa shape index (κ1) is 18.6. The minimum absolute atomic E-state index is 0.0133. The molecule has 1 heterocycles. The highest BCUT2D eigenvalue weighted by Gasteiger charge is 2.31. The third-order valence-corrected chi connectivity index (χ3v) is 4.46. The van der Waals surface area contributed by atoms with E-state index in [0.29, 0.717) is 13.1 Å². The maximum Gasteiger partial charge on any atom is 0.315 e. The van der Waals surface area contributed by atoms with E-state index in [-0.39, 0.29) is 24.4 Å². The highest BCUT2D eigenvalue weighted by molar-refractivity contribution is 5.96. The van der Waals surface area contributed by atoms with Crippen molar-refractivity contribution in [1.29, 1.82) is 0 Å². The number of anilines is 1. The van der Waals surface area contributed by atoms with Gasteiger partial charge in [-0.3, -0.25) is 4.79 Å². The number of carbonyl (C=O) groups is 2. The third-order valence-electron chi connectivity index (χ3n) is 4.46. The van der Waals surface area contributed by atoms with Crippen molar-refractivity contribution in [2.75, 3.05) is 25.7 Å². The predicted molar refractivity (Wildman–Crippen MR) is 102 cm³/mol. The van der Waals surface area contributed by atoms with Gasteiger partial charge in [0.25, 0.3) is 0 Å². The summed E-state index contributed by atoms with van der Waals surface area (Å²) in [5.74, 6) is 1.49. The molecule has 142 valence electrons. The Labute approximate surface area is 158 Å². The zero-order valence-corrected chi connectivity index (χ0v) is 15.4. The van der Waals surface area contributed by atoms with Crippen LogP contribution in [0.3, 0.4) is 0 Å². The fourth-order valence-corrected chi connectivity index (χ4v) is 2.98. The highest BCUT2D eigenvalue weighted by atomic mass is 16.5. The van der Waals surface area contributed by atoms with E-state index < -0.39 is 0 Å². The van der Waals surface area contributed by atoms with Crippen LogP contribution in [0, 0.1) is 0 Å². The number of hydrogen-bond donors (Lipinski definition) is 2. The highest BCUT2D eigenvalue weighted by Crippen LogP contribution is 2.24. The summed E-state index contributed by atoms with van der Waals surface area (Å²) in [6.07, 6.45) is 0.280. The number of urea groups is 1. The van der Waals surface area contributed by atoms with Gasteiger partial charge in [-0.1, -0.05) is 12.1 Å². The Balaban J connectivity index is 1.50. The molecule has 1 unspecified atom stereocenters. The van der Waals surface area contributed by atoms with Gasteiger partial charge in [0.05, 0.1) is 20.3 Å². The summed E-state index contributed by atoms with van der Waals surface area (Å²) in [6.45, 7) is 0.847. The normalized spacial score (nSPS) is 16.1. The van der Waals surface area contributed by atoms with Crippen molar-refractivity contribution in [2.45, 2.75) is 19.0 Å². The lowest BCUT2D eigenvalue weighted by Crippen LogP contribution is -2.43. The standard InChI is InChI=1S/C20H23N3O4/c1-26-17-7-3-14(4-8-17)12-21-20(25)22-15-11-19(24)23(13-15)16-5-9-18(27-2)10-6-16/h3-10,15H,11-13H2,1-2H3,(H2,21,22,25). The largest absolute Gasteiger partial charge is 0.497 e. The van der Waals surface area contributed by atoms with E-state index in [2.05, 4.69) is 10.6 Å². The zero-order valence-electron chi connectivity index (χ0n) is 15.4. The predicted octanol–water partition coefficient (Wildman–Crippen LogP) is 2.31. The molecule has 0 saturated carbocycles. The SMILES string of the molecule is COc1ccc(CNC(=O)NC2CC(=O)N(c3ccc(OC)cc3)C2)cc1. The van der Waals surface area contributed by atoms with E-state index in [1.54, 1.807) is 19.1 Å². The zero-order chi connectivity index (χ0) is 19.2. The molecule has 2 N–H and O–H groups in total. The molecule has 0 spiro atoms. The van der Waals surface area contributed by atoms with Crippen molar-refractivity contribution in [3.63, 3.8) is 0 Å². The van der Waals surface area contributed by atoms with Gasteiger partial charge >= 0.3 is 6.03 Å². The summed E-state index contributed by atoms with van der Waals surface area (Å²) in [4.78, 5) is 26.1. The Morgan fingerprint density at radius 1 is 1.04 bits per heavy atom. The number of carbonyl (C=O) groups excluding carboxylic acids is 2. The molecular formula is C20H23N3O4. The van der Waals surface area contributed by atoms with E-state index in [9.17, 15) is 9.59 Å². The lowest BCUT2D eigenvalue weighted by molar-refractivity contribution is -0.117. The fourth-order valence-electron chi connectivity index (χ4n) is 2.98. The lowest BCUT2D eigenvalue weighted by atomic mass is 10.2. The number of nitrogens with zero attached hydrogens (tertiary/aromatic N) is 1. The Hall–Kier alpha value is -3.22. The number of methoxy groups -OCH3 is 2. The van der Waals surface area contributed by atoms with Gasteiger partial charge in [-0.25, -0.2) is 4.79 Å². The van der Waals surface area contributed by atoms with Crippen LogP contribution in [-0.2, 0) is 11.3 Å². The van der Waals surface area contributed by atoms with Crippen LogP contribution in [0.5, 0.6) is 11.5 Å². The van der Waals surface area contributed by atoms with Crippen LogP contribution in [0.4, 0.5) is 10.5 Å². The van der Waals surface area contributed by atoms with Crippen LogP contribution in [0.15, 0.2) is 48.5 Å².